The van der Waals surface area contributed by atoms with Crippen LogP contribution in [0.1, 0.15) is 0 Å². The van der Waals surface area contributed by atoms with E-state index in [1.807, 2.05) is 30.3 Å². The van der Waals surface area contributed by atoms with E-state index in [1.165, 1.54) is 142 Å². The average Bonchev–Trinajstić information content (AvgIpc) is 1.55. The maximum absolute atomic E-state index is 5.41. The summed E-state index contributed by atoms with van der Waals surface area (Å²) < 4.78 is 14.4. The van der Waals surface area contributed by atoms with E-state index in [-0.39, 0.29) is 0 Å². The average molecular weight is 1890 g/mol. The fraction of sp³-hybridized carbons (Fsp3) is 0. The highest BCUT2D eigenvalue weighted by molar-refractivity contribution is 6.32. The standard InChI is InChI=1S/C56H36N4.C44H28N4.C36H22N4/c1-4-15-37(16-5-1)39-27-29-40(30-28-39)56-57-48-32-31-44(36-47(48)55(58-56)42-20-14-19-41(35-42)38-17-6-2-7-18-38)60-50-26-13-11-24-46(50)54-52(60)34-33-51-53(54)45-23-10-12-25-49(45)59(51)43-21-8-3-9-22-43;1-4-14-29(15-5-1)43-35-28-32(24-25-36(35)45-44(46-43)30-16-6-2-7-17-30)48-38-23-13-11-21-34(38)42-40(48)27-26-39-41(42)33-20-10-12-22-37(33)47(39)31-18-8-3-9-19-31;1-2-9-24(10-3-1)39-32-13-7-6-12-27(32)28-16-17-29-34-26-11-5-4-8-23(26)14-19-33(34)40(36(29)35(28)39)25-15-18-30-31(22-25)38-21-20-37-30/h1-36H;1-28H;1-22H. The molecule has 12 heteroatoms. The minimum atomic E-state index is 0.698. The summed E-state index contributed by atoms with van der Waals surface area (Å²) >= 11 is 0. The van der Waals surface area contributed by atoms with Crippen LogP contribution in [0.4, 0.5) is 0 Å². The molecule has 12 nitrogen and oxygen atoms in total. The van der Waals surface area contributed by atoms with Crippen molar-refractivity contribution in [2.45, 2.75) is 0 Å². The summed E-state index contributed by atoms with van der Waals surface area (Å²) in [6.45, 7) is 0. The molecule has 31 aromatic rings. The molecular weight excluding hydrogens is 1800 g/mol. The van der Waals surface area contributed by atoms with Gasteiger partial charge in [0.05, 0.1) is 99.7 Å². The summed E-state index contributed by atoms with van der Waals surface area (Å²) in [5, 5.41) is 19.4. The monoisotopic (exact) mass is 1890 g/mol. The highest BCUT2D eigenvalue weighted by Gasteiger charge is 2.28. The van der Waals surface area contributed by atoms with Gasteiger partial charge in [-0.3, -0.25) is 9.97 Å². The molecule has 0 spiro atoms. The van der Waals surface area contributed by atoms with E-state index in [0.717, 1.165) is 129 Å². The smallest absolute Gasteiger partial charge is 0.160 e. The Bertz CT molecular complexity index is 10700. The van der Waals surface area contributed by atoms with Gasteiger partial charge in [0, 0.05) is 144 Å². The van der Waals surface area contributed by atoms with Crippen molar-refractivity contribution in [3.63, 3.8) is 0 Å². The zero-order valence-corrected chi connectivity index (χ0v) is 80.0. The van der Waals surface area contributed by atoms with Crippen LogP contribution in [0.2, 0.25) is 0 Å². The van der Waals surface area contributed by atoms with Crippen LogP contribution in [0.3, 0.4) is 0 Å². The lowest BCUT2D eigenvalue weighted by Crippen LogP contribution is -1.99. The quantitative estimate of drug-likeness (QED) is 0.121. The first-order chi connectivity index (χ1) is 73.5. The predicted octanol–water partition coefficient (Wildman–Crippen LogP) is 34.6. The van der Waals surface area contributed by atoms with Gasteiger partial charge in [-0.2, -0.15) is 0 Å². The van der Waals surface area contributed by atoms with E-state index in [9.17, 15) is 0 Å². The van der Waals surface area contributed by atoms with E-state index < -0.39 is 0 Å². The maximum Gasteiger partial charge on any atom is 0.160 e. The SMILES string of the molecule is c1ccc(-c2ccc(-c3nc(-c4cccc(-c5ccccc5)c4)c4cc(-n5c6ccccc6c6c7c8ccccc8n(-c8ccccc8)c7ccc65)ccc4n3)cc2)cc1.c1ccc(-c2nc(-c3ccccc3)c3cc(-n4c5ccccc5c5c6c7ccccc7n(-c7ccccc7)c6ccc54)ccc3n2)cc1.c1ccc(-n2c3ccccc3c3ccc4c5c6ccccc6ccc5n(-c5ccc6nccnc6c5)c4c32)cc1. The van der Waals surface area contributed by atoms with E-state index in [0.29, 0.717) is 5.82 Å². The van der Waals surface area contributed by atoms with Crippen LogP contribution in [-0.2, 0) is 0 Å². The molecule has 9 heterocycles. The summed E-state index contributed by atoms with van der Waals surface area (Å²) in [6.07, 6.45) is 3.51. The fourth-order valence-electron chi connectivity index (χ4n) is 23.1. The summed E-state index contributed by atoms with van der Waals surface area (Å²) in [5.41, 5.74) is 35.0. The highest BCUT2D eigenvalue weighted by atomic mass is 15.1. The lowest BCUT2D eigenvalue weighted by molar-refractivity contribution is 1.15. The molecule has 0 fully saturated rings. The molecular formula is C136H86N12. The molecule has 0 radical (unpaired) electrons. The first kappa shape index (κ1) is 84.8. The van der Waals surface area contributed by atoms with Gasteiger partial charge in [-0.05, 0) is 191 Å². The highest BCUT2D eigenvalue weighted by Crippen LogP contribution is 2.50. The number of hydrogen-bond acceptors (Lipinski definition) is 6. The lowest BCUT2D eigenvalue weighted by Gasteiger charge is -2.14. The van der Waals surface area contributed by atoms with Crippen molar-refractivity contribution in [2.24, 2.45) is 0 Å². The Morgan fingerprint density at radius 3 is 0.953 bits per heavy atom. The number of benzene rings is 22. The second-order valence-corrected chi connectivity index (χ2v) is 37.9. The summed E-state index contributed by atoms with van der Waals surface area (Å²) in [4.78, 5) is 30.1. The molecule has 0 aliphatic rings. The zero-order valence-electron chi connectivity index (χ0n) is 80.0. The van der Waals surface area contributed by atoms with Crippen LogP contribution in [0, 0.1) is 0 Å². The van der Waals surface area contributed by atoms with E-state index in [2.05, 4.69) is 517 Å². The molecule has 0 saturated carbocycles. The van der Waals surface area contributed by atoms with Gasteiger partial charge in [0.2, 0.25) is 0 Å². The van der Waals surface area contributed by atoms with Crippen LogP contribution in [0.5, 0.6) is 0 Å². The number of aromatic nitrogens is 12. The zero-order chi connectivity index (χ0) is 97.4. The van der Waals surface area contributed by atoms with Crippen LogP contribution in [0.25, 0.3) is 276 Å². The summed E-state index contributed by atoms with van der Waals surface area (Å²) in [6, 6.07) is 181. The largest absolute Gasteiger partial charge is 0.309 e. The van der Waals surface area contributed by atoms with E-state index >= 15 is 0 Å². The molecule has 0 aliphatic carbocycles. The van der Waals surface area contributed by atoms with Crippen molar-refractivity contribution in [3.05, 3.63) is 522 Å². The van der Waals surface area contributed by atoms with E-state index in [1.54, 1.807) is 12.4 Å². The van der Waals surface area contributed by atoms with Gasteiger partial charge in [0.1, 0.15) is 0 Å². The Morgan fingerprint density at radius 2 is 0.459 bits per heavy atom. The molecule has 690 valence electrons. The number of para-hydroxylation sites is 8. The number of hydrogen-bond donors (Lipinski definition) is 0. The predicted molar refractivity (Wildman–Crippen MR) is 615 cm³/mol. The molecule has 0 saturated heterocycles. The molecule has 148 heavy (non-hydrogen) atoms. The normalized spacial score (nSPS) is 11.8. The van der Waals surface area contributed by atoms with Crippen molar-refractivity contribution in [1.82, 2.24) is 57.3 Å². The lowest BCUT2D eigenvalue weighted by atomic mass is 9.99. The van der Waals surface area contributed by atoms with E-state index in [4.69, 9.17) is 19.9 Å². The van der Waals surface area contributed by atoms with Crippen molar-refractivity contribution in [2.75, 3.05) is 0 Å². The first-order valence-electron chi connectivity index (χ1n) is 50.2. The topological polar surface area (TPSA) is 107 Å². The Balaban J connectivity index is 0.000000107. The van der Waals surface area contributed by atoms with Gasteiger partial charge >= 0.3 is 0 Å². The molecule has 0 bridgehead atoms. The van der Waals surface area contributed by atoms with Crippen molar-refractivity contribution >= 4 is 174 Å². The molecule has 0 aliphatic heterocycles. The van der Waals surface area contributed by atoms with Crippen molar-refractivity contribution in [1.29, 1.82) is 0 Å². The maximum atomic E-state index is 5.41. The van der Waals surface area contributed by atoms with Gasteiger partial charge < -0.3 is 27.4 Å². The molecule has 0 unspecified atom stereocenters. The number of rotatable bonds is 12. The molecule has 31 rings (SSSR count). The van der Waals surface area contributed by atoms with Crippen LogP contribution >= 0.6 is 0 Å². The Kier molecular flexibility index (Phi) is 20.0. The van der Waals surface area contributed by atoms with Gasteiger partial charge in [-0.15, -0.1) is 0 Å². The molecule has 0 atom stereocenters. The number of fused-ring (bicyclic) bond motifs is 26. The molecule has 9 aromatic heterocycles. The fourth-order valence-corrected chi connectivity index (χ4v) is 23.1. The molecule has 0 N–H and O–H groups in total. The summed E-state index contributed by atoms with van der Waals surface area (Å²) in [7, 11) is 0. The third-order valence-electron chi connectivity index (χ3n) is 29.6. The first-order valence-corrected chi connectivity index (χ1v) is 50.2. The van der Waals surface area contributed by atoms with Crippen molar-refractivity contribution in [3.8, 4) is 102 Å². The van der Waals surface area contributed by atoms with Crippen LogP contribution in [-0.4, -0.2) is 57.3 Å². The summed E-state index contributed by atoms with van der Waals surface area (Å²) in [5.74, 6) is 1.42. The third-order valence-corrected chi connectivity index (χ3v) is 29.6. The second kappa shape index (κ2) is 35.0. The van der Waals surface area contributed by atoms with Gasteiger partial charge in [0.15, 0.2) is 11.6 Å². The Morgan fingerprint density at radius 1 is 0.142 bits per heavy atom. The van der Waals surface area contributed by atoms with Gasteiger partial charge in [-0.25, -0.2) is 19.9 Å². The Labute approximate surface area is 849 Å². The third kappa shape index (κ3) is 13.9. The molecule has 22 aromatic carbocycles. The van der Waals surface area contributed by atoms with Gasteiger partial charge in [-0.1, -0.05) is 352 Å². The minimum Gasteiger partial charge on any atom is -0.309 e. The minimum absolute atomic E-state index is 0.698. The second-order valence-electron chi connectivity index (χ2n) is 37.9. The Hall–Kier alpha value is -20.1. The van der Waals surface area contributed by atoms with Crippen molar-refractivity contribution < 1.29 is 0 Å². The van der Waals surface area contributed by atoms with Crippen LogP contribution < -0.4 is 0 Å². The molecule has 0 amide bonds. The number of nitrogens with zero attached hydrogens (tertiary/aromatic N) is 12. The van der Waals surface area contributed by atoms with Gasteiger partial charge in [0.25, 0.3) is 0 Å². The van der Waals surface area contributed by atoms with Crippen LogP contribution in [0.15, 0.2) is 522 Å².